The van der Waals surface area contributed by atoms with Crippen LogP contribution in [0.25, 0.3) is 0 Å². The zero-order valence-electron chi connectivity index (χ0n) is 9.45. The van der Waals surface area contributed by atoms with Crippen LogP contribution in [0.2, 0.25) is 0 Å². The summed E-state index contributed by atoms with van der Waals surface area (Å²) in [4.78, 5) is 24.7. The Kier molecular flexibility index (Phi) is 3.88. The Morgan fingerprint density at radius 1 is 1.53 bits per heavy atom. The molecule has 1 unspecified atom stereocenters. The standard InChI is InChI=1S/C11H17NO3/c1-12(2)7-9-5-4-8(6-10(9)13)11(14)15-3/h7-8H,4-6H2,1-3H3/b9-7-. The van der Waals surface area contributed by atoms with Gasteiger partial charge in [0.2, 0.25) is 0 Å². The van der Waals surface area contributed by atoms with E-state index in [1.54, 1.807) is 0 Å². The number of allylic oxidation sites excluding steroid dienone is 1. The monoisotopic (exact) mass is 211 g/mol. The highest BCUT2D eigenvalue weighted by Crippen LogP contribution is 2.26. The van der Waals surface area contributed by atoms with Gasteiger partial charge in [0.25, 0.3) is 0 Å². The Balaban J connectivity index is 2.63. The van der Waals surface area contributed by atoms with E-state index in [0.29, 0.717) is 12.8 Å². The number of hydrogen-bond donors (Lipinski definition) is 0. The van der Waals surface area contributed by atoms with Gasteiger partial charge in [0.1, 0.15) is 0 Å². The second kappa shape index (κ2) is 4.96. The van der Waals surface area contributed by atoms with Crippen molar-refractivity contribution in [1.82, 2.24) is 4.90 Å². The normalized spacial score (nSPS) is 24.1. The summed E-state index contributed by atoms with van der Waals surface area (Å²) in [5.41, 5.74) is 0.806. The van der Waals surface area contributed by atoms with E-state index in [1.165, 1.54) is 7.11 Å². The molecule has 0 heterocycles. The molecule has 0 bridgehead atoms. The van der Waals surface area contributed by atoms with Crippen LogP contribution < -0.4 is 0 Å². The molecule has 1 aliphatic rings. The molecule has 0 aromatic carbocycles. The van der Waals surface area contributed by atoms with Crippen LogP contribution in [0.15, 0.2) is 11.8 Å². The van der Waals surface area contributed by atoms with Crippen molar-refractivity contribution in [3.63, 3.8) is 0 Å². The van der Waals surface area contributed by atoms with Crippen molar-refractivity contribution in [3.8, 4) is 0 Å². The Morgan fingerprint density at radius 2 is 2.20 bits per heavy atom. The van der Waals surface area contributed by atoms with Crippen LogP contribution in [0.1, 0.15) is 19.3 Å². The molecule has 1 aliphatic carbocycles. The van der Waals surface area contributed by atoms with Gasteiger partial charge in [0.05, 0.1) is 13.0 Å². The van der Waals surface area contributed by atoms with E-state index >= 15 is 0 Å². The van der Waals surface area contributed by atoms with Crippen molar-refractivity contribution in [2.75, 3.05) is 21.2 Å². The first-order valence-corrected chi connectivity index (χ1v) is 5.02. The van der Waals surface area contributed by atoms with Crippen molar-refractivity contribution in [2.24, 2.45) is 5.92 Å². The number of carbonyl (C=O) groups is 2. The van der Waals surface area contributed by atoms with Crippen molar-refractivity contribution in [2.45, 2.75) is 19.3 Å². The van der Waals surface area contributed by atoms with Gasteiger partial charge in [-0.15, -0.1) is 0 Å². The predicted octanol–water partition coefficient (Wildman–Crippen LogP) is 0.974. The van der Waals surface area contributed by atoms with Gasteiger partial charge in [-0.25, -0.2) is 0 Å². The smallest absolute Gasteiger partial charge is 0.309 e. The summed E-state index contributed by atoms with van der Waals surface area (Å²) in [6.07, 6.45) is 3.48. The van der Waals surface area contributed by atoms with Gasteiger partial charge in [0, 0.05) is 32.3 Å². The van der Waals surface area contributed by atoms with E-state index in [2.05, 4.69) is 4.74 Å². The number of nitrogens with zero attached hydrogens (tertiary/aromatic N) is 1. The third-order valence-electron chi connectivity index (χ3n) is 2.50. The van der Waals surface area contributed by atoms with E-state index in [9.17, 15) is 9.59 Å². The highest BCUT2D eigenvalue weighted by molar-refractivity contribution is 5.98. The molecule has 0 saturated heterocycles. The number of carbonyl (C=O) groups excluding carboxylic acids is 2. The van der Waals surface area contributed by atoms with Crippen LogP contribution in [-0.4, -0.2) is 37.9 Å². The van der Waals surface area contributed by atoms with Gasteiger partial charge in [-0.1, -0.05) is 0 Å². The lowest BCUT2D eigenvalue weighted by Crippen LogP contribution is -2.26. The Morgan fingerprint density at radius 3 is 2.67 bits per heavy atom. The molecule has 1 fully saturated rings. The summed E-state index contributed by atoms with van der Waals surface area (Å²) < 4.78 is 4.63. The molecule has 0 N–H and O–H groups in total. The zero-order valence-corrected chi connectivity index (χ0v) is 9.45. The minimum Gasteiger partial charge on any atom is -0.469 e. The van der Waals surface area contributed by atoms with Crippen molar-refractivity contribution < 1.29 is 14.3 Å². The van der Waals surface area contributed by atoms with Crippen LogP contribution in [0.5, 0.6) is 0 Å². The largest absolute Gasteiger partial charge is 0.469 e. The first kappa shape index (κ1) is 11.8. The van der Waals surface area contributed by atoms with Crippen molar-refractivity contribution in [3.05, 3.63) is 11.8 Å². The average molecular weight is 211 g/mol. The fourth-order valence-corrected chi connectivity index (χ4v) is 1.74. The summed E-state index contributed by atoms with van der Waals surface area (Å²) in [5, 5.41) is 0. The fourth-order valence-electron chi connectivity index (χ4n) is 1.74. The summed E-state index contributed by atoms with van der Waals surface area (Å²) in [6.45, 7) is 0. The van der Waals surface area contributed by atoms with Gasteiger partial charge in [-0.2, -0.15) is 0 Å². The minimum absolute atomic E-state index is 0.0605. The zero-order chi connectivity index (χ0) is 11.4. The number of methoxy groups -OCH3 is 1. The third kappa shape index (κ3) is 3.08. The summed E-state index contributed by atoms with van der Waals surface area (Å²) in [6, 6.07) is 0. The molecule has 84 valence electrons. The SMILES string of the molecule is COC(=O)C1CC/C(=C/N(C)C)C(=O)C1. The quantitative estimate of drug-likeness (QED) is 0.504. The van der Waals surface area contributed by atoms with Crippen molar-refractivity contribution >= 4 is 11.8 Å². The van der Waals surface area contributed by atoms with Crippen LogP contribution >= 0.6 is 0 Å². The van der Waals surface area contributed by atoms with E-state index in [0.717, 1.165) is 5.57 Å². The topological polar surface area (TPSA) is 46.6 Å². The van der Waals surface area contributed by atoms with Gasteiger partial charge < -0.3 is 9.64 Å². The first-order valence-electron chi connectivity index (χ1n) is 5.02. The van der Waals surface area contributed by atoms with Gasteiger partial charge in [-0.3, -0.25) is 9.59 Å². The molecule has 0 aliphatic heterocycles. The highest BCUT2D eigenvalue weighted by Gasteiger charge is 2.29. The first-order chi connectivity index (χ1) is 7.04. The van der Waals surface area contributed by atoms with E-state index in [-0.39, 0.29) is 24.1 Å². The molecule has 0 aromatic heterocycles. The lowest BCUT2D eigenvalue weighted by atomic mass is 9.85. The molecular weight excluding hydrogens is 194 g/mol. The maximum absolute atomic E-state index is 11.7. The predicted molar refractivity (Wildman–Crippen MR) is 56.1 cm³/mol. The average Bonchev–Trinajstić information content (AvgIpc) is 2.19. The molecule has 1 saturated carbocycles. The van der Waals surface area contributed by atoms with Crippen LogP contribution in [-0.2, 0) is 14.3 Å². The lowest BCUT2D eigenvalue weighted by Gasteiger charge is -2.21. The molecule has 4 nitrogen and oxygen atoms in total. The van der Waals surface area contributed by atoms with E-state index in [4.69, 9.17) is 0 Å². The Bertz CT molecular complexity index is 294. The number of rotatable bonds is 2. The Hall–Kier alpha value is -1.32. The Labute approximate surface area is 89.9 Å². The second-order valence-electron chi connectivity index (χ2n) is 4.00. The maximum atomic E-state index is 11.7. The summed E-state index contributed by atoms with van der Waals surface area (Å²) in [7, 11) is 5.12. The molecule has 0 amide bonds. The van der Waals surface area contributed by atoms with E-state index < -0.39 is 0 Å². The van der Waals surface area contributed by atoms with Crippen molar-refractivity contribution in [1.29, 1.82) is 0 Å². The molecule has 4 heteroatoms. The molecule has 0 aromatic rings. The fraction of sp³-hybridized carbons (Fsp3) is 0.636. The summed E-state index contributed by atoms with van der Waals surface area (Å²) in [5.74, 6) is -0.459. The molecule has 15 heavy (non-hydrogen) atoms. The van der Waals surface area contributed by atoms with Gasteiger partial charge in [0.15, 0.2) is 5.78 Å². The molecule has 1 atom stereocenters. The van der Waals surface area contributed by atoms with E-state index in [1.807, 2.05) is 25.2 Å². The number of ketones is 1. The molecule has 0 spiro atoms. The number of Topliss-reactive ketones (excluding diaryl/α,β-unsaturated/α-hetero) is 1. The highest BCUT2D eigenvalue weighted by atomic mass is 16.5. The number of ether oxygens (including phenoxy) is 1. The second-order valence-corrected chi connectivity index (χ2v) is 4.00. The number of hydrogen-bond acceptors (Lipinski definition) is 4. The summed E-state index contributed by atoms with van der Waals surface area (Å²) >= 11 is 0. The third-order valence-corrected chi connectivity index (χ3v) is 2.50. The lowest BCUT2D eigenvalue weighted by molar-refractivity contribution is -0.147. The number of esters is 1. The van der Waals surface area contributed by atoms with Gasteiger partial charge >= 0.3 is 5.97 Å². The van der Waals surface area contributed by atoms with Gasteiger partial charge in [-0.05, 0) is 12.8 Å². The molecular formula is C11H17NO3. The minimum atomic E-state index is -0.271. The van der Waals surface area contributed by atoms with Crippen LogP contribution in [0.3, 0.4) is 0 Å². The molecule has 1 rings (SSSR count). The van der Waals surface area contributed by atoms with Crippen LogP contribution in [0, 0.1) is 5.92 Å². The van der Waals surface area contributed by atoms with Crippen LogP contribution in [0.4, 0.5) is 0 Å². The maximum Gasteiger partial charge on any atom is 0.309 e. The molecule has 0 radical (unpaired) electrons.